The number of aromatic carboxylic acids is 1. The molecule has 0 aromatic heterocycles. The molecule has 0 bridgehead atoms. The first-order valence-corrected chi connectivity index (χ1v) is 7.51. The fourth-order valence-electron chi connectivity index (χ4n) is 1.65. The third-order valence-electron chi connectivity index (χ3n) is 2.61. The fraction of sp³-hybridized carbons (Fsp3) is 0. The zero-order valence-corrected chi connectivity index (χ0v) is 12.0. The van der Waals surface area contributed by atoms with E-state index in [2.05, 4.69) is 4.72 Å². The average molecular weight is 328 g/mol. The number of carboxylic acids is 1. The second-order valence-corrected chi connectivity index (χ2v) is 6.13. The maximum atomic E-state index is 12.2. The standard InChI is InChI=1S/C13H10ClNO5S/c14-10-3-1-2-4-12(10)21(19,20)15-8-5-6-9(13(17)18)11(16)7-8/h1-7,15-16H,(H,17,18). The maximum absolute atomic E-state index is 12.2. The minimum atomic E-state index is -3.93. The molecule has 110 valence electrons. The number of nitrogens with one attached hydrogen (secondary N) is 1. The van der Waals surface area contributed by atoms with Gasteiger partial charge in [0.1, 0.15) is 16.2 Å². The van der Waals surface area contributed by atoms with Gasteiger partial charge in [0.15, 0.2) is 0 Å². The Bertz CT molecular complexity index is 804. The summed E-state index contributed by atoms with van der Waals surface area (Å²) in [5.41, 5.74) is -0.298. The summed E-state index contributed by atoms with van der Waals surface area (Å²) in [7, 11) is -3.93. The predicted octanol–water partition coefficient (Wildman–Crippen LogP) is 2.54. The van der Waals surface area contributed by atoms with Crippen LogP contribution in [0.15, 0.2) is 47.4 Å². The number of rotatable bonds is 4. The summed E-state index contributed by atoms with van der Waals surface area (Å²) in [5, 5.41) is 18.4. The van der Waals surface area contributed by atoms with E-state index in [4.69, 9.17) is 16.7 Å². The quantitative estimate of drug-likeness (QED) is 0.800. The van der Waals surface area contributed by atoms with Gasteiger partial charge in [0.2, 0.25) is 0 Å². The lowest BCUT2D eigenvalue weighted by Gasteiger charge is -2.10. The SMILES string of the molecule is O=C(O)c1ccc(NS(=O)(=O)c2ccccc2Cl)cc1O. The van der Waals surface area contributed by atoms with Crippen LogP contribution in [0.5, 0.6) is 5.75 Å². The van der Waals surface area contributed by atoms with Crippen molar-refractivity contribution in [3.63, 3.8) is 0 Å². The Morgan fingerprint density at radius 1 is 1.14 bits per heavy atom. The summed E-state index contributed by atoms with van der Waals surface area (Å²) >= 11 is 5.83. The van der Waals surface area contributed by atoms with Gasteiger partial charge in [-0.1, -0.05) is 23.7 Å². The number of phenols is 1. The van der Waals surface area contributed by atoms with E-state index in [0.29, 0.717) is 0 Å². The van der Waals surface area contributed by atoms with Crippen LogP contribution < -0.4 is 4.72 Å². The normalized spacial score (nSPS) is 11.1. The van der Waals surface area contributed by atoms with E-state index in [-0.39, 0.29) is 21.2 Å². The van der Waals surface area contributed by atoms with Gasteiger partial charge in [0.05, 0.1) is 10.7 Å². The summed E-state index contributed by atoms with van der Waals surface area (Å²) in [5.74, 6) is -1.85. The van der Waals surface area contributed by atoms with Gasteiger partial charge in [0, 0.05) is 6.07 Å². The largest absolute Gasteiger partial charge is 0.507 e. The molecule has 2 aromatic carbocycles. The van der Waals surface area contributed by atoms with E-state index in [1.807, 2.05) is 0 Å². The summed E-state index contributed by atoms with van der Waals surface area (Å²) < 4.78 is 26.5. The highest BCUT2D eigenvalue weighted by Crippen LogP contribution is 2.26. The van der Waals surface area contributed by atoms with Crippen molar-refractivity contribution in [3.8, 4) is 5.75 Å². The van der Waals surface area contributed by atoms with Gasteiger partial charge in [0.25, 0.3) is 10.0 Å². The molecular weight excluding hydrogens is 318 g/mol. The Hall–Kier alpha value is -2.25. The average Bonchev–Trinajstić information content (AvgIpc) is 2.38. The van der Waals surface area contributed by atoms with Crippen LogP contribution in [0, 0.1) is 0 Å². The van der Waals surface area contributed by atoms with Crippen LogP contribution in [0.4, 0.5) is 5.69 Å². The van der Waals surface area contributed by atoms with Gasteiger partial charge < -0.3 is 10.2 Å². The molecule has 0 aliphatic heterocycles. The highest BCUT2D eigenvalue weighted by molar-refractivity contribution is 7.92. The van der Waals surface area contributed by atoms with Crippen molar-refractivity contribution in [3.05, 3.63) is 53.1 Å². The van der Waals surface area contributed by atoms with Crippen LogP contribution in [-0.4, -0.2) is 24.6 Å². The van der Waals surface area contributed by atoms with Crippen molar-refractivity contribution in [2.45, 2.75) is 4.90 Å². The number of hydrogen-bond acceptors (Lipinski definition) is 4. The van der Waals surface area contributed by atoms with E-state index < -0.39 is 21.7 Å². The summed E-state index contributed by atoms with van der Waals surface area (Å²) in [6.45, 7) is 0. The maximum Gasteiger partial charge on any atom is 0.339 e. The zero-order chi connectivity index (χ0) is 15.6. The number of sulfonamides is 1. The third-order valence-corrected chi connectivity index (χ3v) is 4.49. The monoisotopic (exact) mass is 327 g/mol. The molecule has 0 radical (unpaired) electrons. The molecule has 21 heavy (non-hydrogen) atoms. The number of halogens is 1. The number of carbonyl (C=O) groups is 1. The van der Waals surface area contributed by atoms with Crippen LogP contribution in [0.2, 0.25) is 5.02 Å². The first-order chi connectivity index (χ1) is 9.81. The number of anilines is 1. The second-order valence-electron chi connectivity index (χ2n) is 4.07. The van der Waals surface area contributed by atoms with Crippen molar-refractivity contribution in [1.29, 1.82) is 0 Å². The molecule has 0 heterocycles. The first kappa shape index (κ1) is 15.1. The first-order valence-electron chi connectivity index (χ1n) is 5.65. The van der Waals surface area contributed by atoms with Gasteiger partial charge >= 0.3 is 5.97 Å². The van der Waals surface area contributed by atoms with Gasteiger partial charge in [-0.05, 0) is 24.3 Å². The number of carboxylic acid groups (broad SMARTS) is 1. The lowest BCUT2D eigenvalue weighted by Crippen LogP contribution is -2.13. The highest BCUT2D eigenvalue weighted by Gasteiger charge is 2.18. The Labute approximate surface area is 125 Å². The lowest BCUT2D eigenvalue weighted by atomic mass is 10.2. The van der Waals surface area contributed by atoms with Gasteiger partial charge in [-0.3, -0.25) is 4.72 Å². The smallest absolute Gasteiger partial charge is 0.339 e. The third kappa shape index (κ3) is 3.26. The Kier molecular flexibility index (Phi) is 4.06. The van der Waals surface area contributed by atoms with E-state index >= 15 is 0 Å². The van der Waals surface area contributed by atoms with E-state index in [1.165, 1.54) is 24.3 Å². The van der Waals surface area contributed by atoms with Crippen molar-refractivity contribution in [1.82, 2.24) is 0 Å². The van der Waals surface area contributed by atoms with E-state index in [9.17, 15) is 18.3 Å². The summed E-state index contributed by atoms with van der Waals surface area (Å²) in [6.07, 6.45) is 0. The van der Waals surface area contributed by atoms with Gasteiger partial charge in [-0.2, -0.15) is 0 Å². The molecule has 0 unspecified atom stereocenters. The van der Waals surface area contributed by atoms with Gasteiger partial charge in [-0.15, -0.1) is 0 Å². The van der Waals surface area contributed by atoms with Crippen molar-refractivity contribution < 1.29 is 23.4 Å². The van der Waals surface area contributed by atoms with Crippen LogP contribution in [0.1, 0.15) is 10.4 Å². The molecule has 2 rings (SSSR count). The molecule has 3 N–H and O–H groups in total. The van der Waals surface area contributed by atoms with Crippen molar-refractivity contribution >= 4 is 33.3 Å². The Morgan fingerprint density at radius 3 is 2.38 bits per heavy atom. The predicted molar refractivity (Wildman–Crippen MR) is 77.3 cm³/mol. The molecule has 0 aliphatic rings. The van der Waals surface area contributed by atoms with Crippen molar-refractivity contribution in [2.24, 2.45) is 0 Å². The molecular formula is C13H10ClNO5S. The van der Waals surface area contributed by atoms with E-state index in [0.717, 1.165) is 12.1 Å². The van der Waals surface area contributed by atoms with Crippen LogP contribution in [0.3, 0.4) is 0 Å². The minimum Gasteiger partial charge on any atom is -0.507 e. The molecule has 2 aromatic rings. The van der Waals surface area contributed by atoms with Crippen molar-refractivity contribution in [2.75, 3.05) is 4.72 Å². The molecule has 0 atom stereocenters. The minimum absolute atomic E-state index is 0.0254. The molecule has 0 aliphatic carbocycles. The highest BCUT2D eigenvalue weighted by atomic mass is 35.5. The van der Waals surface area contributed by atoms with Gasteiger partial charge in [-0.25, -0.2) is 13.2 Å². The van der Waals surface area contributed by atoms with Crippen LogP contribution in [0.25, 0.3) is 0 Å². The molecule has 0 saturated heterocycles. The number of hydrogen-bond donors (Lipinski definition) is 3. The molecule has 6 nitrogen and oxygen atoms in total. The summed E-state index contributed by atoms with van der Waals surface area (Å²) in [4.78, 5) is 10.7. The molecule has 0 fully saturated rings. The van der Waals surface area contributed by atoms with Crippen LogP contribution >= 0.6 is 11.6 Å². The number of aromatic hydroxyl groups is 1. The van der Waals surface area contributed by atoms with E-state index in [1.54, 1.807) is 6.07 Å². The lowest BCUT2D eigenvalue weighted by molar-refractivity contribution is 0.0694. The Morgan fingerprint density at radius 2 is 1.81 bits per heavy atom. The van der Waals surface area contributed by atoms with Crippen LogP contribution in [-0.2, 0) is 10.0 Å². The second kappa shape index (κ2) is 5.63. The topological polar surface area (TPSA) is 104 Å². The number of benzene rings is 2. The molecule has 0 amide bonds. The molecule has 0 spiro atoms. The molecule has 0 saturated carbocycles. The fourth-order valence-corrected chi connectivity index (χ4v) is 3.22. The summed E-state index contributed by atoms with van der Waals surface area (Å²) in [6, 6.07) is 9.22. The Balaban J connectivity index is 2.36. The zero-order valence-electron chi connectivity index (χ0n) is 10.4. The molecule has 8 heteroatoms.